The number of benzene rings is 6. The van der Waals surface area contributed by atoms with Crippen LogP contribution in [0, 0.1) is 0 Å². The predicted octanol–water partition coefficient (Wildman–Crippen LogP) is 12.2. The number of fused-ring (bicyclic) bond motifs is 3. The predicted molar refractivity (Wildman–Crippen MR) is 205 cm³/mol. The Kier molecular flexibility index (Phi) is 9.33. The van der Waals surface area contributed by atoms with E-state index in [0.29, 0.717) is 6.61 Å². The van der Waals surface area contributed by atoms with E-state index in [9.17, 15) is 0 Å². The average Bonchev–Trinajstić information content (AvgIpc) is 3.46. The first-order valence-corrected chi connectivity index (χ1v) is 17.1. The van der Waals surface area contributed by atoms with Gasteiger partial charge in [-0.05, 0) is 70.5 Å². The molecule has 1 heterocycles. The summed E-state index contributed by atoms with van der Waals surface area (Å²) in [6.07, 6.45) is 6.66. The molecular weight excluding hydrogens is 583 g/mol. The maximum Gasteiger partial charge on any atom is 0.135 e. The van der Waals surface area contributed by atoms with Gasteiger partial charge in [-0.25, -0.2) is 0 Å². The summed E-state index contributed by atoms with van der Waals surface area (Å²) in [5.74, 6) is 0.915. The number of aromatic nitrogens is 1. The SMILES string of the molecule is CCCOc1c(C=C(c2ccccc2)c2ccccc2)cc2c3ccccc3n(CCC)c2c1C=C(c1ccccc1)c1ccccc1. The molecule has 0 unspecified atom stereocenters. The van der Waals surface area contributed by atoms with Gasteiger partial charge in [-0.3, -0.25) is 0 Å². The molecule has 7 rings (SSSR count). The van der Waals surface area contributed by atoms with Gasteiger partial charge in [-0.15, -0.1) is 0 Å². The second kappa shape index (κ2) is 14.4. The van der Waals surface area contributed by atoms with E-state index < -0.39 is 0 Å². The zero-order valence-corrected chi connectivity index (χ0v) is 27.8. The summed E-state index contributed by atoms with van der Waals surface area (Å²) >= 11 is 0. The first-order valence-electron chi connectivity index (χ1n) is 17.1. The minimum Gasteiger partial charge on any atom is -0.492 e. The lowest BCUT2D eigenvalue weighted by Crippen LogP contribution is -2.04. The molecule has 0 radical (unpaired) electrons. The third-order valence-corrected chi connectivity index (χ3v) is 8.90. The fraction of sp³-hybridized carbons (Fsp3) is 0.130. The van der Waals surface area contributed by atoms with E-state index in [-0.39, 0.29) is 0 Å². The first-order chi connectivity index (χ1) is 23.8. The summed E-state index contributed by atoms with van der Waals surface area (Å²) < 4.78 is 9.40. The second-order valence-electron chi connectivity index (χ2n) is 12.2. The average molecular weight is 624 g/mol. The Labute approximate surface area is 284 Å². The molecule has 0 bridgehead atoms. The van der Waals surface area contributed by atoms with Crippen molar-refractivity contribution in [3.63, 3.8) is 0 Å². The van der Waals surface area contributed by atoms with E-state index in [1.807, 2.05) is 0 Å². The van der Waals surface area contributed by atoms with E-state index in [1.165, 1.54) is 49.6 Å². The standard InChI is InChI=1S/C46H41NO/c1-3-29-47-44-28-18-17-27-39(44)42-32-38(31-40(34-19-9-5-10-20-34)35-21-11-6-12-22-35)46(48-30-4-2)43(45(42)47)33-41(36-23-13-7-14-24-36)37-25-15-8-16-26-37/h5-28,31-33H,3-4,29-30H2,1-2H3. The number of hydrogen-bond donors (Lipinski definition) is 0. The number of ether oxygens (including phenoxy) is 1. The Morgan fingerprint density at radius 2 is 1.02 bits per heavy atom. The molecular formula is C46H41NO. The molecule has 2 heteroatoms. The van der Waals surface area contributed by atoms with E-state index in [0.717, 1.165) is 41.8 Å². The van der Waals surface area contributed by atoms with Gasteiger partial charge in [0.15, 0.2) is 0 Å². The van der Waals surface area contributed by atoms with Crippen LogP contribution in [0.15, 0.2) is 152 Å². The molecule has 2 nitrogen and oxygen atoms in total. The van der Waals surface area contributed by atoms with Crippen LogP contribution in [0.5, 0.6) is 5.75 Å². The van der Waals surface area contributed by atoms with Gasteiger partial charge in [0, 0.05) is 34.0 Å². The number of aryl methyl sites for hydroxylation is 1. The number of rotatable bonds is 11. The monoisotopic (exact) mass is 623 g/mol. The van der Waals surface area contributed by atoms with E-state index >= 15 is 0 Å². The van der Waals surface area contributed by atoms with Crippen LogP contribution in [0.4, 0.5) is 0 Å². The Morgan fingerprint density at radius 1 is 0.542 bits per heavy atom. The van der Waals surface area contributed by atoms with Crippen molar-refractivity contribution in [2.24, 2.45) is 0 Å². The molecule has 236 valence electrons. The number of nitrogens with zero attached hydrogens (tertiary/aromatic N) is 1. The van der Waals surface area contributed by atoms with Crippen LogP contribution < -0.4 is 4.74 Å². The maximum atomic E-state index is 6.90. The van der Waals surface area contributed by atoms with Crippen molar-refractivity contribution in [1.82, 2.24) is 4.57 Å². The van der Waals surface area contributed by atoms with Crippen molar-refractivity contribution in [2.75, 3.05) is 6.61 Å². The highest BCUT2D eigenvalue weighted by atomic mass is 16.5. The van der Waals surface area contributed by atoms with Gasteiger partial charge in [0.05, 0.1) is 12.1 Å². The second-order valence-corrected chi connectivity index (χ2v) is 12.2. The minimum atomic E-state index is 0.624. The summed E-state index contributed by atoms with van der Waals surface area (Å²) in [4.78, 5) is 0. The number of para-hydroxylation sites is 1. The summed E-state index contributed by atoms with van der Waals surface area (Å²) in [5, 5.41) is 2.50. The third-order valence-electron chi connectivity index (χ3n) is 8.90. The molecule has 1 aromatic heterocycles. The fourth-order valence-electron chi connectivity index (χ4n) is 6.75. The molecule has 0 saturated heterocycles. The van der Waals surface area contributed by atoms with E-state index in [1.54, 1.807) is 0 Å². The van der Waals surface area contributed by atoms with Gasteiger partial charge >= 0.3 is 0 Å². The molecule has 0 fully saturated rings. The van der Waals surface area contributed by atoms with Crippen molar-refractivity contribution in [1.29, 1.82) is 0 Å². The molecule has 48 heavy (non-hydrogen) atoms. The molecule has 0 aliphatic carbocycles. The lowest BCUT2D eigenvalue weighted by molar-refractivity contribution is 0.316. The quantitative estimate of drug-likeness (QED) is 0.131. The molecule has 0 spiro atoms. The van der Waals surface area contributed by atoms with Gasteiger partial charge in [0.25, 0.3) is 0 Å². The molecule has 0 aliphatic heterocycles. The molecule has 0 saturated carbocycles. The van der Waals surface area contributed by atoms with Crippen LogP contribution in [0.1, 0.15) is 60.1 Å². The Bertz CT molecular complexity index is 2110. The normalized spacial score (nSPS) is 11.0. The van der Waals surface area contributed by atoms with Gasteiger partial charge in [0.1, 0.15) is 5.75 Å². The highest BCUT2D eigenvalue weighted by molar-refractivity contribution is 6.14. The van der Waals surface area contributed by atoms with Crippen LogP contribution in [-0.4, -0.2) is 11.2 Å². The third kappa shape index (κ3) is 6.22. The van der Waals surface area contributed by atoms with Crippen LogP contribution >= 0.6 is 0 Å². The summed E-state index contributed by atoms with van der Waals surface area (Å²) in [7, 11) is 0. The van der Waals surface area contributed by atoms with Crippen molar-refractivity contribution in [3.8, 4) is 5.75 Å². The van der Waals surface area contributed by atoms with Gasteiger partial charge < -0.3 is 9.30 Å². The molecule has 0 amide bonds. The maximum absolute atomic E-state index is 6.90. The highest BCUT2D eigenvalue weighted by Crippen LogP contribution is 2.43. The van der Waals surface area contributed by atoms with Gasteiger partial charge in [0.2, 0.25) is 0 Å². The zero-order chi connectivity index (χ0) is 32.7. The molecule has 6 aromatic carbocycles. The van der Waals surface area contributed by atoms with Crippen LogP contribution in [0.25, 0.3) is 45.1 Å². The largest absolute Gasteiger partial charge is 0.492 e. The highest BCUT2D eigenvalue weighted by Gasteiger charge is 2.22. The fourth-order valence-corrected chi connectivity index (χ4v) is 6.75. The molecule has 0 aliphatic rings. The smallest absolute Gasteiger partial charge is 0.135 e. The Hall–Kier alpha value is -5.60. The van der Waals surface area contributed by atoms with Crippen LogP contribution in [0.3, 0.4) is 0 Å². The van der Waals surface area contributed by atoms with E-state index in [2.05, 4.69) is 182 Å². The summed E-state index contributed by atoms with van der Waals surface area (Å²) in [5.41, 5.74) is 11.7. The Balaban J connectivity index is 1.64. The van der Waals surface area contributed by atoms with Crippen molar-refractivity contribution in [2.45, 2.75) is 33.2 Å². The summed E-state index contributed by atoms with van der Waals surface area (Å²) in [6.45, 7) is 5.97. The lowest BCUT2D eigenvalue weighted by Gasteiger charge is -2.19. The van der Waals surface area contributed by atoms with Gasteiger partial charge in [-0.2, -0.15) is 0 Å². The molecule has 0 N–H and O–H groups in total. The minimum absolute atomic E-state index is 0.624. The topological polar surface area (TPSA) is 14.2 Å². The first kappa shape index (κ1) is 31.0. The van der Waals surface area contributed by atoms with Crippen molar-refractivity contribution >= 4 is 45.1 Å². The lowest BCUT2D eigenvalue weighted by atomic mass is 9.91. The van der Waals surface area contributed by atoms with Gasteiger partial charge in [-0.1, -0.05) is 153 Å². The zero-order valence-electron chi connectivity index (χ0n) is 27.8. The number of hydrogen-bond acceptors (Lipinski definition) is 1. The van der Waals surface area contributed by atoms with Crippen molar-refractivity contribution in [3.05, 3.63) is 185 Å². The van der Waals surface area contributed by atoms with E-state index in [4.69, 9.17) is 4.74 Å². The van der Waals surface area contributed by atoms with Crippen molar-refractivity contribution < 1.29 is 4.74 Å². The summed E-state index contributed by atoms with van der Waals surface area (Å²) in [6, 6.07) is 54.1. The Morgan fingerprint density at radius 3 is 1.52 bits per heavy atom. The molecule has 7 aromatic rings. The van der Waals surface area contributed by atoms with Crippen LogP contribution in [-0.2, 0) is 6.54 Å². The van der Waals surface area contributed by atoms with Crippen LogP contribution in [0.2, 0.25) is 0 Å². The molecule has 0 atom stereocenters.